The first-order valence-electron chi connectivity index (χ1n) is 6.21. The predicted octanol–water partition coefficient (Wildman–Crippen LogP) is 2.93. The number of aliphatic hydroxyl groups excluding tert-OH is 1. The molecular formula is C14H20O2. The third-order valence-electron chi connectivity index (χ3n) is 2.99. The van der Waals surface area contributed by atoms with Gasteiger partial charge in [0.05, 0.1) is 12.2 Å². The van der Waals surface area contributed by atoms with Crippen molar-refractivity contribution in [2.75, 3.05) is 0 Å². The largest absolute Gasteiger partial charge is 0.490 e. The van der Waals surface area contributed by atoms with Gasteiger partial charge in [0.1, 0.15) is 5.75 Å². The summed E-state index contributed by atoms with van der Waals surface area (Å²) in [7, 11) is 0. The van der Waals surface area contributed by atoms with Crippen LogP contribution in [-0.2, 0) is 6.42 Å². The molecule has 1 aromatic carbocycles. The Bertz CT molecular complexity index is 314. The van der Waals surface area contributed by atoms with Crippen molar-refractivity contribution in [1.29, 1.82) is 0 Å². The molecule has 16 heavy (non-hydrogen) atoms. The lowest BCUT2D eigenvalue weighted by molar-refractivity contribution is 0.160. The second-order valence-corrected chi connectivity index (χ2v) is 4.56. The highest BCUT2D eigenvalue weighted by Crippen LogP contribution is 2.26. The Kier molecular flexibility index (Phi) is 3.83. The number of aliphatic hydroxyl groups is 1. The third-order valence-corrected chi connectivity index (χ3v) is 2.99. The van der Waals surface area contributed by atoms with E-state index in [9.17, 15) is 5.11 Å². The summed E-state index contributed by atoms with van der Waals surface area (Å²) in [4.78, 5) is 0. The number of hydrogen-bond acceptors (Lipinski definition) is 2. The molecule has 1 atom stereocenters. The third kappa shape index (κ3) is 3.53. The van der Waals surface area contributed by atoms with E-state index in [1.54, 1.807) is 0 Å². The van der Waals surface area contributed by atoms with Crippen molar-refractivity contribution < 1.29 is 9.84 Å². The number of aryl methyl sites for hydroxylation is 1. The van der Waals surface area contributed by atoms with Crippen LogP contribution in [0.1, 0.15) is 38.2 Å². The van der Waals surface area contributed by atoms with E-state index in [1.165, 1.54) is 18.4 Å². The average Bonchev–Trinajstić information content (AvgIpc) is 3.11. The summed E-state index contributed by atoms with van der Waals surface area (Å²) in [6, 6.07) is 8.26. The van der Waals surface area contributed by atoms with E-state index in [4.69, 9.17) is 4.74 Å². The van der Waals surface area contributed by atoms with Gasteiger partial charge >= 0.3 is 0 Å². The summed E-state index contributed by atoms with van der Waals surface area (Å²) in [6.07, 6.45) is 5.32. The van der Waals surface area contributed by atoms with Crippen LogP contribution in [0, 0.1) is 0 Å². The number of ether oxygens (including phenoxy) is 1. The van der Waals surface area contributed by atoms with Crippen LogP contribution in [0.5, 0.6) is 5.75 Å². The summed E-state index contributed by atoms with van der Waals surface area (Å²) in [5.74, 6) is 0.974. The molecule has 1 N–H and O–H groups in total. The number of hydrogen-bond donors (Lipinski definition) is 1. The molecule has 1 fully saturated rings. The van der Waals surface area contributed by atoms with Crippen molar-refractivity contribution in [1.82, 2.24) is 0 Å². The van der Waals surface area contributed by atoms with Crippen molar-refractivity contribution >= 4 is 0 Å². The van der Waals surface area contributed by atoms with Crippen LogP contribution in [0.2, 0.25) is 0 Å². The minimum Gasteiger partial charge on any atom is -0.490 e. The van der Waals surface area contributed by atoms with E-state index in [2.05, 4.69) is 12.1 Å². The van der Waals surface area contributed by atoms with Crippen molar-refractivity contribution in [3.8, 4) is 5.75 Å². The Labute approximate surface area is 97.3 Å². The molecule has 0 heterocycles. The fraction of sp³-hybridized carbons (Fsp3) is 0.571. The Hall–Kier alpha value is -1.02. The first kappa shape index (κ1) is 11.5. The molecule has 0 aromatic heterocycles. The summed E-state index contributed by atoms with van der Waals surface area (Å²) >= 11 is 0. The van der Waals surface area contributed by atoms with E-state index >= 15 is 0 Å². The second kappa shape index (κ2) is 5.35. The molecule has 1 aliphatic carbocycles. The van der Waals surface area contributed by atoms with E-state index in [1.807, 2.05) is 19.1 Å². The molecule has 0 saturated heterocycles. The zero-order chi connectivity index (χ0) is 11.4. The fourth-order valence-electron chi connectivity index (χ4n) is 1.65. The summed E-state index contributed by atoms with van der Waals surface area (Å²) in [5, 5.41) is 9.48. The maximum Gasteiger partial charge on any atom is 0.119 e. The van der Waals surface area contributed by atoms with Crippen molar-refractivity contribution in [2.24, 2.45) is 0 Å². The molecule has 0 radical (unpaired) electrons. The topological polar surface area (TPSA) is 29.5 Å². The second-order valence-electron chi connectivity index (χ2n) is 4.56. The molecular weight excluding hydrogens is 200 g/mol. The van der Waals surface area contributed by atoms with Gasteiger partial charge in [-0.2, -0.15) is 0 Å². The highest BCUT2D eigenvalue weighted by molar-refractivity contribution is 5.27. The van der Waals surface area contributed by atoms with E-state index in [0.29, 0.717) is 6.10 Å². The molecule has 0 aliphatic heterocycles. The Morgan fingerprint density at radius 2 is 2.00 bits per heavy atom. The lowest BCUT2D eigenvalue weighted by atomic mass is 10.1. The van der Waals surface area contributed by atoms with Crippen LogP contribution in [0.4, 0.5) is 0 Å². The average molecular weight is 220 g/mol. The van der Waals surface area contributed by atoms with Gasteiger partial charge in [-0.1, -0.05) is 19.1 Å². The van der Waals surface area contributed by atoms with E-state index in [-0.39, 0.29) is 6.10 Å². The predicted molar refractivity (Wildman–Crippen MR) is 64.7 cm³/mol. The monoisotopic (exact) mass is 220 g/mol. The van der Waals surface area contributed by atoms with Crippen LogP contribution in [0.25, 0.3) is 0 Å². The standard InChI is InChI=1S/C14H20O2/c1-2-12(15)6-3-11-4-7-13(8-5-11)16-14-9-10-14/h4-5,7-8,12,14-15H,2-3,6,9-10H2,1H3. The molecule has 2 rings (SSSR count). The Morgan fingerprint density at radius 1 is 1.31 bits per heavy atom. The van der Waals surface area contributed by atoms with Crippen LogP contribution < -0.4 is 4.74 Å². The molecule has 0 spiro atoms. The Balaban J connectivity index is 1.81. The molecule has 1 aliphatic rings. The van der Waals surface area contributed by atoms with Crippen molar-refractivity contribution in [3.05, 3.63) is 29.8 Å². The molecule has 2 nitrogen and oxygen atoms in total. The lowest BCUT2D eigenvalue weighted by Gasteiger charge is -2.08. The zero-order valence-electron chi connectivity index (χ0n) is 9.86. The Morgan fingerprint density at radius 3 is 2.56 bits per heavy atom. The first-order chi connectivity index (χ1) is 7.78. The molecule has 1 aromatic rings. The van der Waals surface area contributed by atoms with Crippen LogP contribution in [0.15, 0.2) is 24.3 Å². The van der Waals surface area contributed by atoms with Crippen LogP contribution in [0.3, 0.4) is 0 Å². The summed E-state index contributed by atoms with van der Waals surface area (Å²) < 4.78 is 5.68. The van der Waals surface area contributed by atoms with Gasteiger partial charge in [0.15, 0.2) is 0 Å². The van der Waals surface area contributed by atoms with Gasteiger partial charge in [0.2, 0.25) is 0 Å². The fourth-order valence-corrected chi connectivity index (χ4v) is 1.65. The van der Waals surface area contributed by atoms with Gasteiger partial charge in [0, 0.05) is 0 Å². The van der Waals surface area contributed by atoms with Gasteiger partial charge in [-0.15, -0.1) is 0 Å². The summed E-state index contributed by atoms with van der Waals surface area (Å²) in [5.41, 5.74) is 1.27. The van der Waals surface area contributed by atoms with Crippen LogP contribution >= 0.6 is 0 Å². The molecule has 2 heteroatoms. The molecule has 1 unspecified atom stereocenters. The minimum atomic E-state index is -0.164. The molecule has 0 bridgehead atoms. The molecule has 88 valence electrons. The van der Waals surface area contributed by atoms with Gasteiger partial charge in [0.25, 0.3) is 0 Å². The smallest absolute Gasteiger partial charge is 0.119 e. The van der Waals surface area contributed by atoms with Gasteiger partial charge < -0.3 is 9.84 Å². The van der Waals surface area contributed by atoms with Crippen molar-refractivity contribution in [3.63, 3.8) is 0 Å². The van der Waals surface area contributed by atoms with E-state index in [0.717, 1.165) is 25.0 Å². The van der Waals surface area contributed by atoms with E-state index < -0.39 is 0 Å². The summed E-state index contributed by atoms with van der Waals surface area (Å²) in [6.45, 7) is 2.01. The SMILES string of the molecule is CCC(O)CCc1ccc(OC2CC2)cc1. The highest BCUT2D eigenvalue weighted by atomic mass is 16.5. The van der Waals surface area contributed by atoms with Crippen molar-refractivity contribution in [2.45, 2.75) is 51.2 Å². The highest BCUT2D eigenvalue weighted by Gasteiger charge is 2.23. The quantitative estimate of drug-likeness (QED) is 0.798. The maximum atomic E-state index is 9.48. The molecule has 1 saturated carbocycles. The zero-order valence-corrected chi connectivity index (χ0v) is 9.86. The first-order valence-corrected chi connectivity index (χ1v) is 6.21. The van der Waals surface area contributed by atoms with Crippen LogP contribution in [-0.4, -0.2) is 17.3 Å². The lowest BCUT2D eigenvalue weighted by Crippen LogP contribution is -2.05. The number of benzene rings is 1. The minimum absolute atomic E-state index is 0.164. The normalized spacial score (nSPS) is 17.1. The number of rotatable bonds is 6. The van der Waals surface area contributed by atoms with Gasteiger partial charge in [-0.05, 0) is 49.8 Å². The van der Waals surface area contributed by atoms with Gasteiger partial charge in [-0.25, -0.2) is 0 Å². The maximum absolute atomic E-state index is 9.48. The van der Waals surface area contributed by atoms with Gasteiger partial charge in [-0.3, -0.25) is 0 Å². The molecule has 0 amide bonds.